The van der Waals surface area contributed by atoms with Gasteiger partial charge in [0.05, 0.1) is 0 Å². The number of hydrogen-bond acceptors (Lipinski definition) is 0. The molecule has 0 atom stereocenters. The summed E-state index contributed by atoms with van der Waals surface area (Å²) in [5.41, 5.74) is 8.26. The number of nitrogens with one attached hydrogen (secondary N) is 1. The van der Waals surface area contributed by atoms with Crippen molar-refractivity contribution in [3.63, 3.8) is 0 Å². The Morgan fingerprint density at radius 1 is 0.586 bits per heavy atom. The standard InChI is InChI=1S/C28H19N/c1-2-5-17(6-3-1)25-16-29-28-23(25)14-13-21-22-12-11-19-8-4-7-18-9-10-20(15-24(21)28)27(22)26(18)19/h1-12,15-16,29H,13-14H2. The number of aromatic nitrogens is 1. The van der Waals surface area contributed by atoms with Gasteiger partial charge in [-0.15, -0.1) is 0 Å². The van der Waals surface area contributed by atoms with Gasteiger partial charge in [-0.1, -0.05) is 72.8 Å². The lowest BCUT2D eigenvalue weighted by atomic mass is 9.82. The summed E-state index contributed by atoms with van der Waals surface area (Å²) in [6.07, 6.45) is 4.37. The molecule has 0 saturated heterocycles. The highest BCUT2D eigenvalue weighted by molar-refractivity contribution is 6.24. The van der Waals surface area contributed by atoms with E-state index in [9.17, 15) is 0 Å². The number of hydrogen-bond donors (Lipinski definition) is 1. The Labute approximate surface area is 169 Å². The van der Waals surface area contributed by atoms with Crippen LogP contribution in [0.5, 0.6) is 0 Å². The minimum absolute atomic E-state index is 1.08. The molecule has 1 aliphatic rings. The summed E-state index contributed by atoms with van der Waals surface area (Å²) in [7, 11) is 0. The molecule has 29 heavy (non-hydrogen) atoms. The van der Waals surface area contributed by atoms with Crippen molar-refractivity contribution in [2.75, 3.05) is 0 Å². The molecule has 1 heterocycles. The van der Waals surface area contributed by atoms with Gasteiger partial charge >= 0.3 is 0 Å². The third-order valence-electron chi connectivity index (χ3n) is 6.73. The van der Waals surface area contributed by atoms with Crippen LogP contribution >= 0.6 is 0 Å². The third kappa shape index (κ3) is 2.00. The van der Waals surface area contributed by atoms with Gasteiger partial charge in [-0.25, -0.2) is 0 Å². The molecular formula is C28H19N. The monoisotopic (exact) mass is 369 g/mol. The molecule has 1 N–H and O–H groups in total. The van der Waals surface area contributed by atoms with Crippen molar-refractivity contribution >= 4 is 32.3 Å². The van der Waals surface area contributed by atoms with Crippen molar-refractivity contribution in [3.8, 4) is 22.4 Å². The molecule has 1 nitrogen and oxygen atoms in total. The first-order chi connectivity index (χ1) is 14.4. The SMILES string of the molecule is c1ccc(-c2c[nH]c3c2CCc2c-3cc3ccc4cccc5ccc2c3c45)cc1. The third-order valence-corrected chi connectivity index (χ3v) is 6.73. The summed E-state index contributed by atoms with van der Waals surface area (Å²) in [6.45, 7) is 0. The van der Waals surface area contributed by atoms with E-state index in [-0.39, 0.29) is 0 Å². The first-order valence-corrected chi connectivity index (χ1v) is 10.3. The lowest BCUT2D eigenvalue weighted by molar-refractivity contribution is 0.953. The van der Waals surface area contributed by atoms with Crippen LogP contribution in [0.15, 0.2) is 85.1 Å². The molecule has 0 aliphatic heterocycles. The van der Waals surface area contributed by atoms with E-state index >= 15 is 0 Å². The van der Waals surface area contributed by atoms with E-state index in [2.05, 4.69) is 90.0 Å². The fraction of sp³-hybridized carbons (Fsp3) is 0.0714. The molecule has 1 aromatic heterocycles. The lowest BCUT2D eigenvalue weighted by Gasteiger charge is -2.22. The van der Waals surface area contributed by atoms with Gasteiger partial charge in [-0.2, -0.15) is 0 Å². The summed E-state index contributed by atoms with van der Waals surface area (Å²) in [4.78, 5) is 3.63. The van der Waals surface area contributed by atoms with Gasteiger partial charge in [-0.05, 0) is 67.9 Å². The van der Waals surface area contributed by atoms with Crippen LogP contribution in [0.2, 0.25) is 0 Å². The molecule has 136 valence electrons. The highest BCUT2D eigenvalue weighted by Crippen LogP contribution is 2.45. The molecule has 7 rings (SSSR count). The largest absolute Gasteiger partial charge is 0.360 e. The highest BCUT2D eigenvalue weighted by Gasteiger charge is 2.24. The van der Waals surface area contributed by atoms with Crippen LogP contribution in [-0.4, -0.2) is 4.98 Å². The summed E-state index contributed by atoms with van der Waals surface area (Å²) in [6, 6.07) is 29.0. The maximum Gasteiger partial charge on any atom is 0.0496 e. The molecule has 0 unspecified atom stereocenters. The van der Waals surface area contributed by atoms with Gasteiger partial charge in [0.25, 0.3) is 0 Å². The molecule has 1 aliphatic carbocycles. The highest BCUT2D eigenvalue weighted by atomic mass is 14.7. The van der Waals surface area contributed by atoms with E-state index in [4.69, 9.17) is 0 Å². The van der Waals surface area contributed by atoms with E-state index in [1.807, 2.05) is 0 Å². The van der Waals surface area contributed by atoms with E-state index in [1.165, 1.54) is 65.8 Å². The van der Waals surface area contributed by atoms with Crippen LogP contribution in [0.25, 0.3) is 54.7 Å². The fourth-order valence-corrected chi connectivity index (χ4v) is 5.44. The summed E-state index contributed by atoms with van der Waals surface area (Å²) in [5.74, 6) is 0. The smallest absolute Gasteiger partial charge is 0.0496 e. The summed E-state index contributed by atoms with van der Waals surface area (Å²) < 4.78 is 0. The van der Waals surface area contributed by atoms with Crippen LogP contribution in [-0.2, 0) is 12.8 Å². The minimum atomic E-state index is 1.08. The predicted octanol–water partition coefficient (Wildman–Crippen LogP) is 7.34. The van der Waals surface area contributed by atoms with E-state index in [0.717, 1.165) is 12.8 Å². The average molecular weight is 369 g/mol. The number of aromatic amines is 1. The van der Waals surface area contributed by atoms with Gasteiger partial charge in [0.2, 0.25) is 0 Å². The number of H-pyrrole nitrogens is 1. The lowest BCUT2D eigenvalue weighted by Crippen LogP contribution is -2.05. The van der Waals surface area contributed by atoms with Crippen molar-refractivity contribution < 1.29 is 0 Å². The molecule has 0 saturated carbocycles. The van der Waals surface area contributed by atoms with Gasteiger partial charge in [-0.3, -0.25) is 0 Å². The first-order valence-electron chi connectivity index (χ1n) is 10.3. The van der Waals surface area contributed by atoms with Crippen molar-refractivity contribution in [2.24, 2.45) is 0 Å². The Morgan fingerprint density at radius 3 is 2.21 bits per heavy atom. The zero-order chi connectivity index (χ0) is 18.9. The van der Waals surface area contributed by atoms with Gasteiger partial charge < -0.3 is 4.98 Å². The fourth-order valence-electron chi connectivity index (χ4n) is 5.44. The average Bonchev–Trinajstić information content (AvgIpc) is 3.22. The Hall–Kier alpha value is -3.58. The second-order valence-corrected chi connectivity index (χ2v) is 8.18. The molecule has 0 amide bonds. The van der Waals surface area contributed by atoms with Gasteiger partial charge in [0, 0.05) is 23.0 Å². The predicted molar refractivity (Wildman–Crippen MR) is 123 cm³/mol. The van der Waals surface area contributed by atoms with E-state index in [1.54, 1.807) is 0 Å². The van der Waals surface area contributed by atoms with Crippen molar-refractivity contribution in [1.29, 1.82) is 0 Å². The molecule has 1 heteroatoms. The Bertz CT molecular complexity index is 1520. The van der Waals surface area contributed by atoms with Crippen LogP contribution in [0.4, 0.5) is 0 Å². The normalized spacial score (nSPS) is 13.2. The van der Waals surface area contributed by atoms with Crippen LogP contribution in [0, 0.1) is 0 Å². The van der Waals surface area contributed by atoms with E-state index in [0.29, 0.717) is 0 Å². The maximum absolute atomic E-state index is 3.63. The zero-order valence-corrected chi connectivity index (χ0v) is 16.0. The van der Waals surface area contributed by atoms with Gasteiger partial charge in [0.15, 0.2) is 0 Å². The van der Waals surface area contributed by atoms with E-state index < -0.39 is 0 Å². The quantitative estimate of drug-likeness (QED) is 0.292. The number of fused-ring (bicyclic) bond motifs is 4. The molecule has 0 fully saturated rings. The van der Waals surface area contributed by atoms with Gasteiger partial charge in [0.1, 0.15) is 0 Å². The molecule has 6 aromatic rings. The Kier molecular flexibility index (Phi) is 2.90. The van der Waals surface area contributed by atoms with Crippen molar-refractivity contribution in [3.05, 3.63) is 96.2 Å². The zero-order valence-electron chi connectivity index (χ0n) is 16.0. The Balaban J connectivity index is 1.56. The van der Waals surface area contributed by atoms with Crippen LogP contribution < -0.4 is 0 Å². The summed E-state index contributed by atoms with van der Waals surface area (Å²) >= 11 is 0. The molecule has 0 bridgehead atoms. The second-order valence-electron chi connectivity index (χ2n) is 8.18. The van der Waals surface area contributed by atoms with Crippen LogP contribution in [0.1, 0.15) is 11.1 Å². The number of aryl methyl sites for hydroxylation is 1. The van der Waals surface area contributed by atoms with Crippen molar-refractivity contribution in [1.82, 2.24) is 4.98 Å². The molecular weight excluding hydrogens is 350 g/mol. The van der Waals surface area contributed by atoms with Crippen LogP contribution in [0.3, 0.4) is 0 Å². The molecule has 5 aromatic carbocycles. The first kappa shape index (κ1) is 15.4. The molecule has 0 spiro atoms. The maximum atomic E-state index is 3.63. The number of rotatable bonds is 1. The summed E-state index contributed by atoms with van der Waals surface area (Å²) in [5, 5.41) is 8.27. The van der Waals surface area contributed by atoms with Crippen molar-refractivity contribution in [2.45, 2.75) is 12.8 Å². The topological polar surface area (TPSA) is 15.8 Å². The minimum Gasteiger partial charge on any atom is -0.360 e. The number of benzene rings is 5. The Morgan fingerprint density at radius 2 is 1.34 bits per heavy atom. The molecule has 0 radical (unpaired) electrons. The second kappa shape index (κ2) is 5.48.